The number of benzene rings is 1. The van der Waals surface area contributed by atoms with Crippen molar-refractivity contribution in [2.75, 3.05) is 13.7 Å². The Morgan fingerprint density at radius 1 is 1.35 bits per heavy atom. The van der Waals surface area contributed by atoms with Crippen LogP contribution in [0.3, 0.4) is 0 Å². The van der Waals surface area contributed by atoms with E-state index in [9.17, 15) is 0 Å². The number of hydrogen-bond acceptors (Lipinski definition) is 4. The molecule has 1 aromatic carbocycles. The molecule has 0 spiro atoms. The maximum atomic E-state index is 5.29. The normalized spacial score (nSPS) is 11.1. The SMILES string of the molecule is COc1ccc(-c2ncc(CNCC(C)C)s2)cc1C. The number of nitrogens with one attached hydrogen (secondary N) is 1. The fourth-order valence-electron chi connectivity index (χ4n) is 2.02. The molecule has 108 valence electrons. The van der Waals surface area contributed by atoms with Crippen LogP contribution in [-0.2, 0) is 6.54 Å². The molecule has 4 heteroatoms. The quantitative estimate of drug-likeness (QED) is 0.877. The van der Waals surface area contributed by atoms with Crippen LogP contribution in [0.5, 0.6) is 5.75 Å². The van der Waals surface area contributed by atoms with Gasteiger partial charge in [0, 0.05) is 23.2 Å². The van der Waals surface area contributed by atoms with Gasteiger partial charge in [-0.1, -0.05) is 13.8 Å². The fourth-order valence-corrected chi connectivity index (χ4v) is 2.90. The first kappa shape index (κ1) is 15.0. The van der Waals surface area contributed by atoms with Crippen LogP contribution in [0.4, 0.5) is 0 Å². The average molecular weight is 290 g/mol. The molecule has 0 unspecified atom stereocenters. The van der Waals surface area contributed by atoms with Crippen LogP contribution in [0, 0.1) is 12.8 Å². The minimum atomic E-state index is 0.673. The molecule has 3 nitrogen and oxygen atoms in total. The van der Waals surface area contributed by atoms with Gasteiger partial charge < -0.3 is 10.1 Å². The van der Waals surface area contributed by atoms with E-state index in [4.69, 9.17) is 4.74 Å². The summed E-state index contributed by atoms with van der Waals surface area (Å²) in [6.45, 7) is 8.41. The van der Waals surface area contributed by atoms with Crippen molar-refractivity contribution in [3.05, 3.63) is 34.8 Å². The molecule has 0 radical (unpaired) electrons. The van der Waals surface area contributed by atoms with Gasteiger partial charge in [-0.05, 0) is 43.1 Å². The van der Waals surface area contributed by atoms with E-state index in [1.54, 1.807) is 18.4 Å². The van der Waals surface area contributed by atoms with Crippen molar-refractivity contribution in [2.24, 2.45) is 5.92 Å². The zero-order valence-electron chi connectivity index (χ0n) is 12.6. The summed E-state index contributed by atoms with van der Waals surface area (Å²) < 4.78 is 5.29. The van der Waals surface area contributed by atoms with Gasteiger partial charge in [-0.2, -0.15) is 0 Å². The molecule has 1 heterocycles. The Morgan fingerprint density at radius 3 is 2.80 bits per heavy atom. The molecule has 0 saturated heterocycles. The number of nitrogens with zero attached hydrogens (tertiary/aromatic N) is 1. The van der Waals surface area contributed by atoms with Gasteiger partial charge >= 0.3 is 0 Å². The molecule has 0 saturated carbocycles. The highest BCUT2D eigenvalue weighted by Gasteiger charge is 2.07. The lowest BCUT2D eigenvalue weighted by Crippen LogP contribution is -2.18. The van der Waals surface area contributed by atoms with E-state index in [0.29, 0.717) is 5.92 Å². The molecule has 2 rings (SSSR count). The lowest BCUT2D eigenvalue weighted by molar-refractivity contribution is 0.412. The van der Waals surface area contributed by atoms with Crippen molar-refractivity contribution in [1.29, 1.82) is 0 Å². The van der Waals surface area contributed by atoms with E-state index in [0.717, 1.165) is 35.0 Å². The first-order valence-corrected chi connectivity index (χ1v) is 7.72. The summed E-state index contributed by atoms with van der Waals surface area (Å²) in [5.74, 6) is 1.59. The second-order valence-corrected chi connectivity index (χ2v) is 6.46. The third-order valence-corrected chi connectivity index (χ3v) is 4.09. The van der Waals surface area contributed by atoms with Crippen LogP contribution in [-0.4, -0.2) is 18.6 Å². The van der Waals surface area contributed by atoms with E-state index in [2.05, 4.69) is 43.2 Å². The van der Waals surface area contributed by atoms with Crippen LogP contribution in [0.2, 0.25) is 0 Å². The molecular weight excluding hydrogens is 268 g/mol. The summed E-state index contributed by atoms with van der Waals surface area (Å²) in [6, 6.07) is 6.20. The van der Waals surface area contributed by atoms with Gasteiger partial charge in [0.05, 0.1) is 7.11 Å². The highest BCUT2D eigenvalue weighted by atomic mass is 32.1. The van der Waals surface area contributed by atoms with E-state index in [1.165, 1.54) is 4.88 Å². The van der Waals surface area contributed by atoms with E-state index < -0.39 is 0 Å². The van der Waals surface area contributed by atoms with Gasteiger partial charge in [-0.15, -0.1) is 11.3 Å². The number of rotatable bonds is 6. The maximum Gasteiger partial charge on any atom is 0.123 e. The molecule has 1 N–H and O–H groups in total. The Kier molecular flexibility index (Phi) is 5.15. The van der Waals surface area contributed by atoms with E-state index >= 15 is 0 Å². The first-order chi connectivity index (χ1) is 9.60. The number of aromatic nitrogens is 1. The summed E-state index contributed by atoms with van der Waals surface area (Å²) in [5, 5.41) is 4.51. The predicted octanol–water partition coefficient (Wildman–Crippen LogP) is 3.87. The highest BCUT2D eigenvalue weighted by Crippen LogP contribution is 2.29. The zero-order valence-corrected chi connectivity index (χ0v) is 13.4. The molecule has 2 aromatic rings. The third kappa shape index (κ3) is 3.81. The fraction of sp³-hybridized carbons (Fsp3) is 0.438. The first-order valence-electron chi connectivity index (χ1n) is 6.90. The van der Waals surface area contributed by atoms with Crippen molar-refractivity contribution in [3.63, 3.8) is 0 Å². The zero-order chi connectivity index (χ0) is 14.5. The molecule has 0 aliphatic heterocycles. The second-order valence-electron chi connectivity index (χ2n) is 5.34. The lowest BCUT2D eigenvalue weighted by Gasteiger charge is -2.06. The summed E-state index contributed by atoms with van der Waals surface area (Å²) in [4.78, 5) is 5.79. The standard InChI is InChI=1S/C16H22N2OS/c1-11(2)8-17-9-14-10-18-16(20-14)13-5-6-15(19-4)12(3)7-13/h5-7,10-11,17H,8-9H2,1-4H3. The molecule has 0 atom stereocenters. The molecule has 0 bridgehead atoms. The van der Waals surface area contributed by atoms with Crippen molar-refractivity contribution >= 4 is 11.3 Å². The number of thiazole rings is 1. The van der Waals surface area contributed by atoms with Crippen molar-refractivity contribution in [1.82, 2.24) is 10.3 Å². The van der Waals surface area contributed by atoms with Crippen LogP contribution in [0.25, 0.3) is 10.6 Å². The van der Waals surface area contributed by atoms with Crippen molar-refractivity contribution in [3.8, 4) is 16.3 Å². The van der Waals surface area contributed by atoms with Gasteiger partial charge in [-0.3, -0.25) is 0 Å². The van der Waals surface area contributed by atoms with Crippen molar-refractivity contribution < 1.29 is 4.74 Å². The Hall–Kier alpha value is -1.39. The van der Waals surface area contributed by atoms with Gasteiger partial charge in [0.15, 0.2) is 0 Å². The molecule has 0 aliphatic carbocycles. The Morgan fingerprint density at radius 2 is 2.15 bits per heavy atom. The second kappa shape index (κ2) is 6.86. The monoisotopic (exact) mass is 290 g/mol. The summed E-state index contributed by atoms with van der Waals surface area (Å²) in [7, 11) is 1.70. The van der Waals surface area contributed by atoms with Crippen LogP contribution >= 0.6 is 11.3 Å². The van der Waals surface area contributed by atoms with Gasteiger partial charge in [0.2, 0.25) is 0 Å². The predicted molar refractivity (Wildman–Crippen MR) is 85.4 cm³/mol. The Labute approximate surface area is 125 Å². The molecule has 0 fully saturated rings. The van der Waals surface area contributed by atoms with Crippen molar-refractivity contribution in [2.45, 2.75) is 27.3 Å². The Bertz CT molecular complexity index is 563. The topological polar surface area (TPSA) is 34.1 Å². The van der Waals surface area contributed by atoms with E-state index in [1.807, 2.05) is 12.3 Å². The molecule has 1 aromatic heterocycles. The van der Waals surface area contributed by atoms with E-state index in [-0.39, 0.29) is 0 Å². The van der Waals surface area contributed by atoms with Gasteiger partial charge in [0.1, 0.15) is 10.8 Å². The summed E-state index contributed by atoms with van der Waals surface area (Å²) >= 11 is 1.75. The van der Waals surface area contributed by atoms with Crippen LogP contribution < -0.4 is 10.1 Å². The summed E-state index contributed by atoms with van der Waals surface area (Å²) in [5.41, 5.74) is 2.29. The molecule has 20 heavy (non-hydrogen) atoms. The third-order valence-electron chi connectivity index (χ3n) is 3.05. The Balaban J connectivity index is 2.06. The largest absolute Gasteiger partial charge is 0.496 e. The molecular formula is C16H22N2OS. The molecule has 0 amide bonds. The highest BCUT2D eigenvalue weighted by molar-refractivity contribution is 7.15. The number of aryl methyl sites for hydroxylation is 1. The minimum absolute atomic E-state index is 0.673. The van der Waals surface area contributed by atoms with Crippen LogP contribution in [0.15, 0.2) is 24.4 Å². The average Bonchev–Trinajstić information content (AvgIpc) is 2.87. The number of ether oxygens (including phenoxy) is 1. The summed E-state index contributed by atoms with van der Waals surface area (Å²) in [6.07, 6.45) is 1.97. The maximum absolute atomic E-state index is 5.29. The van der Waals surface area contributed by atoms with Crippen LogP contribution in [0.1, 0.15) is 24.3 Å². The van der Waals surface area contributed by atoms with Gasteiger partial charge in [0.25, 0.3) is 0 Å². The smallest absolute Gasteiger partial charge is 0.123 e. The number of hydrogen-bond donors (Lipinski definition) is 1. The molecule has 0 aliphatic rings. The minimum Gasteiger partial charge on any atom is -0.496 e. The lowest BCUT2D eigenvalue weighted by atomic mass is 10.1. The number of methoxy groups -OCH3 is 1. The van der Waals surface area contributed by atoms with Gasteiger partial charge in [-0.25, -0.2) is 4.98 Å².